The molecule has 0 aromatic carbocycles. The molecule has 0 rings (SSSR count). The van der Waals surface area contributed by atoms with Gasteiger partial charge >= 0.3 is 19.5 Å². The fourth-order valence-electron chi connectivity index (χ4n) is 1.63. The van der Waals surface area contributed by atoms with Gasteiger partial charge in [-0.15, -0.1) is 0 Å². The van der Waals surface area contributed by atoms with Crippen LogP contribution in [0.2, 0.25) is 0 Å². The van der Waals surface area contributed by atoms with E-state index in [-0.39, 0.29) is 38.3 Å². The SMILES string of the molecule is CC(=O)OCC(CSCC(N)C(=O)NCCOCCP(=O)(O)O)OC(C)=O. The highest BCUT2D eigenvalue weighted by atomic mass is 32.2. The minimum absolute atomic E-state index is 0.0741. The Morgan fingerprint density at radius 1 is 1.15 bits per heavy atom. The number of nitrogens with two attached hydrogens (primary N) is 1. The molecule has 0 bridgehead atoms. The smallest absolute Gasteiger partial charge is 0.327 e. The van der Waals surface area contributed by atoms with Crippen LogP contribution in [0.15, 0.2) is 0 Å². The molecule has 2 unspecified atom stereocenters. The Morgan fingerprint density at radius 2 is 1.81 bits per heavy atom. The average molecular weight is 430 g/mol. The summed E-state index contributed by atoms with van der Waals surface area (Å²) < 4.78 is 25.4. The monoisotopic (exact) mass is 430 g/mol. The molecule has 0 aliphatic carbocycles. The highest BCUT2D eigenvalue weighted by Gasteiger charge is 2.18. The van der Waals surface area contributed by atoms with Crippen molar-refractivity contribution >= 4 is 37.2 Å². The Labute approximate surface area is 161 Å². The van der Waals surface area contributed by atoms with E-state index in [0.29, 0.717) is 5.75 Å². The van der Waals surface area contributed by atoms with E-state index in [1.807, 2.05) is 0 Å². The van der Waals surface area contributed by atoms with Gasteiger partial charge in [-0.3, -0.25) is 18.9 Å². The van der Waals surface area contributed by atoms with Crippen LogP contribution in [0.1, 0.15) is 13.8 Å². The summed E-state index contributed by atoms with van der Waals surface area (Å²) in [7, 11) is -4.08. The van der Waals surface area contributed by atoms with E-state index in [9.17, 15) is 18.9 Å². The predicted octanol–water partition coefficient (Wildman–Crippen LogP) is -1.15. The maximum atomic E-state index is 11.8. The number of esters is 2. The third kappa shape index (κ3) is 16.7. The van der Waals surface area contributed by atoms with E-state index in [2.05, 4.69) is 5.32 Å². The quantitative estimate of drug-likeness (QED) is 0.149. The van der Waals surface area contributed by atoms with Gasteiger partial charge in [-0.25, -0.2) is 0 Å². The molecule has 0 spiro atoms. The number of amides is 1. The molecule has 0 fully saturated rings. The van der Waals surface area contributed by atoms with Gasteiger partial charge < -0.3 is 35.0 Å². The van der Waals surface area contributed by atoms with E-state index >= 15 is 0 Å². The molecule has 0 aromatic heterocycles. The fraction of sp³-hybridized carbons (Fsp3) is 0.786. The number of nitrogens with one attached hydrogen (secondary N) is 1. The molecule has 158 valence electrons. The van der Waals surface area contributed by atoms with Crippen molar-refractivity contribution in [3.63, 3.8) is 0 Å². The van der Waals surface area contributed by atoms with Crippen LogP contribution in [-0.2, 0) is 33.2 Å². The van der Waals surface area contributed by atoms with Gasteiger partial charge in [0.25, 0.3) is 0 Å². The lowest BCUT2D eigenvalue weighted by atomic mass is 10.3. The Hall–Kier alpha value is -1.17. The molecule has 0 aliphatic heterocycles. The summed E-state index contributed by atoms with van der Waals surface area (Å²) >= 11 is 1.27. The number of ether oxygens (including phenoxy) is 3. The van der Waals surface area contributed by atoms with Crippen molar-refractivity contribution in [2.75, 3.05) is 44.0 Å². The molecule has 0 saturated heterocycles. The first-order valence-electron chi connectivity index (χ1n) is 8.05. The number of carbonyl (C=O) groups excluding carboxylic acids is 3. The second kappa shape index (κ2) is 13.9. The Bertz CT molecular complexity index is 529. The van der Waals surface area contributed by atoms with Crippen molar-refractivity contribution in [3.8, 4) is 0 Å². The summed E-state index contributed by atoms with van der Waals surface area (Å²) in [4.78, 5) is 51.0. The Morgan fingerprint density at radius 3 is 2.37 bits per heavy atom. The average Bonchev–Trinajstić information content (AvgIpc) is 2.53. The van der Waals surface area contributed by atoms with Gasteiger partial charge in [-0.2, -0.15) is 11.8 Å². The lowest BCUT2D eigenvalue weighted by Crippen LogP contribution is -2.43. The van der Waals surface area contributed by atoms with Crippen LogP contribution in [0.5, 0.6) is 0 Å². The van der Waals surface area contributed by atoms with Gasteiger partial charge in [0.15, 0.2) is 0 Å². The number of rotatable bonds is 14. The first-order chi connectivity index (χ1) is 12.5. The van der Waals surface area contributed by atoms with Crippen LogP contribution in [-0.4, -0.2) is 83.8 Å². The predicted molar refractivity (Wildman–Crippen MR) is 98.2 cm³/mol. The largest absolute Gasteiger partial charge is 0.462 e. The van der Waals surface area contributed by atoms with Gasteiger partial charge in [-0.1, -0.05) is 0 Å². The lowest BCUT2D eigenvalue weighted by molar-refractivity contribution is -0.154. The molecule has 13 heteroatoms. The zero-order valence-electron chi connectivity index (χ0n) is 15.3. The third-order valence-corrected chi connectivity index (χ3v) is 4.78. The highest BCUT2D eigenvalue weighted by molar-refractivity contribution is 7.99. The number of carbonyl (C=O) groups is 3. The summed E-state index contributed by atoms with van der Waals surface area (Å²) in [6.07, 6.45) is -1.01. The summed E-state index contributed by atoms with van der Waals surface area (Å²) in [5, 5.41) is 2.54. The van der Waals surface area contributed by atoms with Crippen molar-refractivity contribution in [1.82, 2.24) is 5.32 Å². The summed E-state index contributed by atoms with van der Waals surface area (Å²) in [6.45, 7) is 2.56. The minimum Gasteiger partial charge on any atom is -0.462 e. The van der Waals surface area contributed by atoms with Crippen LogP contribution in [0.3, 0.4) is 0 Å². The summed E-state index contributed by atoms with van der Waals surface area (Å²) in [6, 6.07) is -0.809. The maximum absolute atomic E-state index is 11.8. The molecule has 1 amide bonds. The molecule has 27 heavy (non-hydrogen) atoms. The van der Waals surface area contributed by atoms with E-state index < -0.39 is 37.6 Å². The van der Waals surface area contributed by atoms with Crippen LogP contribution < -0.4 is 11.1 Å². The molecule has 0 heterocycles. The molecule has 0 aromatic rings. The van der Waals surface area contributed by atoms with Crippen molar-refractivity contribution in [3.05, 3.63) is 0 Å². The normalized spacial score (nSPS) is 13.5. The standard InChI is InChI=1S/C14H27N2O9PS/c1-10(17)24-7-12(25-11(2)18)8-27-9-13(15)14(19)16-3-4-23-5-6-26(20,21)22/h12-13H,3-9,15H2,1-2H3,(H,16,19)(H2,20,21,22). The third-order valence-electron chi connectivity index (χ3n) is 2.82. The topological polar surface area (TPSA) is 174 Å². The molecular weight excluding hydrogens is 403 g/mol. The van der Waals surface area contributed by atoms with Crippen molar-refractivity contribution in [2.45, 2.75) is 26.0 Å². The molecule has 0 radical (unpaired) electrons. The van der Waals surface area contributed by atoms with Crippen LogP contribution in [0.4, 0.5) is 0 Å². The zero-order valence-corrected chi connectivity index (χ0v) is 17.0. The van der Waals surface area contributed by atoms with Crippen LogP contribution >= 0.6 is 19.4 Å². The lowest BCUT2D eigenvalue weighted by Gasteiger charge is -2.17. The van der Waals surface area contributed by atoms with E-state index in [1.165, 1.54) is 25.6 Å². The minimum atomic E-state index is -4.08. The van der Waals surface area contributed by atoms with Crippen molar-refractivity contribution in [2.24, 2.45) is 5.73 Å². The first-order valence-corrected chi connectivity index (χ1v) is 11.0. The number of hydrogen-bond acceptors (Lipinski definition) is 9. The van der Waals surface area contributed by atoms with Gasteiger partial charge in [0.2, 0.25) is 5.91 Å². The van der Waals surface area contributed by atoms with Gasteiger partial charge in [-0.05, 0) is 0 Å². The summed E-state index contributed by atoms with van der Waals surface area (Å²) in [5.41, 5.74) is 5.76. The van der Waals surface area contributed by atoms with Crippen molar-refractivity contribution in [1.29, 1.82) is 0 Å². The molecule has 5 N–H and O–H groups in total. The fourth-order valence-corrected chi connectivity index (χ4v) is 2.96. The van der Waals surface area contributed by atoms with Crippen LogP contribution in [0, 0.1) is 0 Å². The molecular formula is C14H27N2O9PS. The van der Waals surface area contributed by atoms with Crippen LogP contribution in [0.25, 0.3) is 0 Å². The summed E-state index contributed by atoms with van der Waals surface area (Å²) in [5.74, 6) is -0.850. The molecule has 2 atom stereocenters. The zero-order chi connectivity index (χ0) is 20.9. The van der Waals surface area contributed by atoms with Gasteiger partial charge in [0.05, 0.1) is 25.4 Å². The van der Waals surface area contributed by atoms with E-state index in [0.717, 1.165) is 0 Å². The Kier molecular flexibility index (Phi) is 13.3. The van der Waals surface area contributed by atoms with Gasteiger partial charge in [0, 0.05) is 31.9 Å². The number of thioether (sulfide) groups is 1. The molecule has 0 aliphatic rings. The van der Waals surface area contributed by atoms with E-state index in [4.69, 9.17) is 29.7 Å². The maximum Gasteiger partial charge on any atom is 0.327 e. The van der Waals surface area contributed by atoms with E-state index in [1.54, 1.807) is 0 Å². The number of hydrogen-bond donors (Lipinski definition) is 4. The molecule has 0 saturated carbocycles. The molecule has 11 nitrogen and oxygen atoms in total. The van der Waals surface area contributed by atoms with Gasteiger partial charge in [0.1, 0.15) is 12.7 Å². The first kappa shape index (κ1) is 25.8. The van der Waals surface area contributed by atoms with Crippen molar-refractivity contribution < 1.29 is 42.9 Å². The Balaban J connectivity index is 3.97. The highest BCUT2D eigenvalue weighted by Crippen LogP contribution is 2.33. The second-order valence-electron chi connectivity index (χ2n) is 5.47. The second-order valence-corrected chi connectivity index (χ2v) is 8.32.